The summed E-state index contributed by atoms with van der Waals surface area (Å²) in [6, 6.07) is 5.14. The maximum absolute atomic E-state index is 12.0. The number of hydrogen-bond donors (Lipinski definition) is 2. The van der Waals surface area contributed by atoms with E-state index >= 15 is 0 Å². The number of nitrogen functional groups attached to an aromatic ring is 1. The van der Waals surface area contributed by atoms with E-state index in [-0.39, 0.29) is 5.91 Å². The van der Waals surface area contributed by atoms with E-state index in [0.29, 0.717) is 17.8 Å². The van der Waals surface area contributed by atoms with Gasteiger partial charge in [0.2, 0.25) is 0 Å². The number of nitrogens with zero attached hydrogens (tertiary/aromatic N) is 2. The van der Waals surface area contributed by atoms with Gasteiger partial charge in [-0.05, 0) is 41.1 Å². The second kappa shape index (κ2) is 5.44. The first-order valence-corrected chi connectivity index (χ1v) is 6.59. The van der Waals surface area contributed by atoms with Gasteiger partial charge in [-0.2, -0.15) is 5.10 Å². The van der Waals surface area contributed by atoms with Gasteiger partial charge in [-0.25, -0.2) is 0 Å². The maximum atomic E-state index is 12.0. The smallest absolute Gasteiger partial charge is 0.251 e. The number of benzene rings is 1. The number of hydrogen-bond acceptors (Lipinski definition) is 3. The monoisotopic (exact) mass is 322 g/mol. The van der Waals surface area contributed by atoms with Crippen LogP contribution in [0.4, 0.5) is 5.69 Å². The Morgan fingerprint density at radius 2 is 2.26 bits per heavy atom. The Kier molecular flexibility index (Phi) is 3.90. The van der Waals surface area contributed by atoms with Crippen molar-refractivity contribution >= 4 is 27.5 Å². The molecule has 1 heterocycles. The number of nitrogens with two attached hydrogens (primary N) is 1. The number of nitrogens with one attached hydrogen (secondary N) is 1. The number of amides is 1. The summed E-state index contributed by atoms with van der Waals surface area (Å²) in [5.74, 6) is -0.151. The van der Waals surface area contributed by atoms with Crippen molar-refractivity contribution in [3.63, 3.8) is 0 Å². The highest BCUT2D eigenvalue weighted by molar-refractivity contribution is 9.10. The highest BCUT2D eigenvalue weighted by atomic mass is 79.9. The van der Waals surface area contributed by atoms with Crippen molar-refractivity contribution in [3.05, 3.63) is 45.7 Å². The molecule has 0 aliphatic heterocycles. The number of halogens is 1. The predicted molar refractivity (Wildman–Crippen MR) is 77.7 cm³/mol. The largest absolute Gasteiger partial charge is 0.398 e. The van der Waals surface area contributed by atoms with Crippen molar-refractivity contribution in [3.8, 4) is 0 Å². The van der Waals surface area contributed by atoms with Gasteiger partial charge in [0.05, 0.1) is 6.20 Å². The molecule has 0 aliphatic rings. The number of anilines is 1. The van der Waals surface area contributed by atoms with Gasteiger partial charge in [0.15, 0.2) is 0 Å². The summed E-state index contributed by atoms with van der Waals surface area (Å²) in [6.45, 7) is 2.42. The van der Waals surface area contributed by atoms with Gasteiger partial charge in [0.25, 0.3) is 5.91 Å². The number of rotatable bonds is 3. The molecule has 0 aliphatic carbocycles. The molecular weight excluding hydrogens is 308 g/mol. The lowest BCUT2D eigenvalue weighted by Gasteiger charge is -2.06. The molecule has 6 heteroatoms. The topological polar surface area (TPSA) is 72.9 Å². The Morgan fingerprint density at radius 3 is 2.84 bits per heavy atom. The summed E-state index contributed by atoms with van der Waals surface area (Å²) in [4.78, 5) is 12.0. The van der Waals surface area contributed by atoms with Crippen LogP contribution in [-0.4, -0.2) is 15.7 Å². The molecule has 0 saturated carbocycles. The number of carbonyl (C=O) groups is 1. The molecule has 0 fully saturated rings. The minimum absolute atomic E-state index is 0.151. The molecular formula is C13H15BrN4O. The normalized spacial score (nSPS) is 10.5. The third kappa shape index (κ3) is 2.96. The zero-order valence-electron chi connectivity index (χ0n) is 10.8. The van der Waals surface area contributed by atoms with Crippen LogP contribution in [0.5, 0.6) is 0 Å². The van der Waals surface area contributed by atoms with Gasteiger partial charge in [-0.3, -0.25) is 9.48 Å². The molecule has 1 amide bonds. The Labute approximate surface area is 119 Å². The van der Waals surface area contributed by atoms with Crippen LogP contribution in [0.2, 0.25) is 0 Å². The summed E-state index contributed by atoms with van der Waals surface area (Å²) in [5.41, 5.74) is 8.88. The second-order valence-electron chi connectivity index (χ2n) is 4.30. The van der Waals surface area contributed by atoms with Gasteiger partial charge in [0.1, 0.15) is 0 Å². The van der Waals surface area contributed by atoms with Crippen LogP contribution in [-0.2, 0) is 13.6 Å². The Bertz CT molecular complexity index is 621. The highest BCUT2D eigenvalue weighted by Gasteiger charge is 2.09. The summed E-state index contributed by atoms with van der Waals surface area (Å²) in [5, 5.41) is 6.98. The van der Waals surface area contributed by atoms with Crippen molar-refractivity contribution < 1.29 is 4.79 Å². The zero-order chi connectivity index (χ0) is 14.0. The second-order valence-corrected chi connectivity index (χ2v) is 5.15. The average Bonchev–Trinajstić information content (AvgIpc) is 2.70. The third-order valence-electron chi connectivity index (χ3n) is 3.03. The van der Waals surface area contributed by atoms with Crippen LogP contribution >= 0.6 is 15.9 Å². The molecule has 1 aromatic heterocycles. The Balaban J connectivity index is 2.05. The number of aryl methyl sites for hydroxylation is 1. The van der Waals surface area contributed by atoms with Crippen LogP contribution in [0.1, 0.15) is 21.6 Å². The lowest BCUT2D eigenvalue weighted by Crippen LogP contribution is -2.23. The van der Waals surface area contributed by atoms with Gasteiger partial charge in [-0.15, -0.1) is 0 Å². The van der Waals surface area contributed by atoms with Gasteiger partial charge in [0, 0.05) is 40.6 Å². The first-order valence-electron chi connectivity index (χ1n) is 5.79. The van der Waals surface area contributed by atoms with E-state index < -0.39 is 0 Å². The molecule has 5 nitrogen and oxygen atoms in total. The number of carbonyl (C=O) groups excluding carboxylic acids is 1. The van der Waals surface area contributed by atoms with Gasteiger partial charge >= 0.3 is 0 Å². The molecule has 3 N–H and O–H groups in total. The molecule has 0 atom stereocenters. The van der Waals surface area contributed by atoms with Crippen LogP contribution in [0, 0.1) is 6.92 Å². The molecule has 0 unspecified atom stereocenters. The van der Waals surface area contributed by atoms with Crippen LogP contribution in [0.3, 0.4) is 0 Å². The van der Waals surface area contributed by atoms with Crippen molar-refractivity contribution in [2.45, 2.75) is 13.5 Å². The van der Waals surface area contributed by atoms with Crippen molar-refractivity contribution in [1.82, 2.24) is 15.1 Å². The van der Waals surface area contributed by atoms with E-state index in [4.69, 9.17) is 5.73 Å². The van der Waals surface area contributed by atoms with Gasteiger partial charge < -0.3 is 11.1 Å². The first kappa shape index (κ1) is 13.6. The van der Waals surface area contributed by atoms with Crippen molar-refractivity contribution in [2.24, 2.45) is 7.05 Å². The quantitative estimate of drug-likeness (QED) is 0.849. The van der Waals surface area contributed by atoms with E-state index in [0.717, 1.165) is 15.7 Å². The van der Waals surface area contributed by atoms with E-state index in [2.05, 4.69) is 26.3 Å². The van der Waals surface area contributed by atoms with E-state index in [1.165, 1.54) is 0 Å². The average molecular weight is 323 g/mol. The first-order chi connectivity index (χ1) is 8.99. The fourth-order valence-electron chi connectivity index (χ4n) is 1.68. The summed E-state index contributed by atoms with van der Waals surface area (Å²) in [7, 11) is 1.87. The van der Waals surface area contributed by atoms with E-state index in [1.807, 2.05) is 14.0 Å². The molecule has 0 spiro atoms. The fourth-order valence-corrected chi connectivity index (χ4v) is 1.93. The SMILES string of the molecule is Cc1c(CNC(=O)c2ccc(Br)c(N)c2)cnn1C. The standard InChI is InChI=1S/C13H15BrN4O/c1-8-10(7-17-18(8)2)6-16-13(19)9-3-4-11(14)12(15)5-9/h3-5,7H,6,15H2,1-2H3,(H,16,19). The van der Waals surface area contributed by atoms with E-state index in [9.17, 15) is 4.79 Å². The summed E-state index contributed by atoms with van der Waals surface area (Å²) < 4.78 is 2.56. The molecule has 0 bridgehead atoms. The predicted octanol–water partition coefficient (Wildman–Crippen LogP) is 2.00. The Morgan fingerprint density at radius 1 is 1.53 bits per heavy atom. The van der Waals surface area contributed by atoms with Crippen LogP contribution in [0.25, 0.3) is 0 Å². The van der Waals surface area contributed by atoms with Crippen molar-refractivity contribution in [2.75, 3.05) is 5.73 Å². The van der Waals surface area contributed by atoms with Crippen LogP contribution < -0.4 is 11.1 Å². The molecule has 0 radical (unpaired) electrons. The number of aromatic nitrogens is 2. The minimum Gasteiger partial charge on any atom is -0.398 e. The fraction of sp³-hybridized carbons (Fsp3) is 0.231. The molecule has 1 aromatic carbocycles. The highest BCUT2D eigenvalue weighted by Crippen LogP contribution is 2.20. The molecule has 2 aromatic rings. The zero-order valence-corrected chi connectivity index (χ0v) is 12.4. The Hall–Kier alpha value is -1.82. The summed E-state index contributed by atoms with van der Waals surface area (Å²) in [6.07, 6.45) is 1.76. The molecule has 0 saturated heterocycles. The molecule has 2 rings (SSSR count). The lowest BCUT2D eigenvalue weighted by molar-refractivity contribution is 0.0951. The van der Waals surface area contributed by atoms with E-state index in [1.54, 1.807) is 29.1 Å². The maximum Gasteiger partial charge on any atom is 0.251 e. The lowest BCUT2D eigenvalue weighted by atomic mass is 10.2. The molecule has 19 heavy (non-hydrogen) atoms. The van der Waals surface area contributed by atoms with Crippen LogP contribution in [0.15, 0.2) is 28.9 Å². The van der Waals surface area contributed by atoms with Gasteiger partial charge in [-0.1, -0.05) is 0 Å². The summed E-state index contributed by atoms with van der Waals surface area (Å²) >= 11 is 3.30. The van der Waals surface area contributed by atoms with Crippen molar-refractivity contribution in [1.29, 1.82) is 0 Å². The third-order valence-corrected chi connectivity index (χ3v) is 3.76. The molecule has 100 valence electrons. The minimum atomic E-state index is -0.151.